The fraction of sp³-hybridized carbons (Fsp3) is 0.417. The van der Waals surface area contributed by atoms with Gasteiger partial charge in [0.05, 0.1) is 6.07 Å². The molecule has 2 aliphatic rings. The predicted octanol–water partition coefficient (Wildman–Crippen LogP) is 2.24. The van der Waals surface area contributed by atoms with Crippen LogP contribution in [-0.4, -0.2) is 17.0 Å². The zero-order valence-electron chi connectivity index (χ0n) is 9.44. The molecule has 0 saturated heterocycles. The van der Waals surface area contributed by atoms with Crippen molar-refractivity contribution in [3.63, 3.8) is 0 Å². The van der Waals surface area contributed by atoms with E-state index in [1.165, 1.54) is 0 Å². The Kier molecular flexibility index (Phi) is 2.52. The van der Waals surface area contributed by atoms with Crippen LogP contribution in [-0.2, 0) is 4.79 Å². The summed E-state index contributed by atoms with van der Waals surface area (Å²) in [7, 11) is 0. The standard InChI is InChI=1S/C12H10BrN3O2/c13-7-4-8-10(15-5-7)16-11(17)9(18-8)12(6-14)2-1-3-12/h4-5,9H,1-3H2,(H,15,16,17). The third kappa shape index (κ3) is 1.58. The highest BCUT2D eigenvalue weighted by atomic mass is 79.9. The minimum atomic E-state index is -0.736. The van der Waals surface area contributed by atoms with E-state index in [0.717, 1.165) is 10.9 Å². The number of nitrogens with one attached hydrogen (secondary N) is 1. The van der Waals surface area contributed by atoms with E-state index < -0.39 is 11.5 Å². The molecule has 2 heterocycles. The molecule has 1 atom stereocenters. The first-order valence-corrected chi connectivity index (χ1v) is 6.48. The van der Waals surface area contributed by atoms with Gasteiger partial charge in [-0.05, 0) is 41.3 Å². The molecular formula is C12H10BrN3O2. The number of carbonyl (C=O) groups excluding carboxylic acids is 1. The van der Waals surface area contributed by atoms with Gasteiger partial charge in [0.1, 0.15) is 5.41 Å². The summed E-state index contributed by atoms with van der Waals surface area (Å²) in [5.41, 5.74) is -0.676. The first kappa shape index (κ1) is 11.5. The van der Waals surface area contributed by atoms with Crippen LogP contribution in [0.4, 0.5) is 5.82 Å². The highest BCUT2D eigenvalue weighted by Crippen LogP contribution is 2.47. The van der Waals surface area contributed by atoms with E-state index in [1.54, 1.807) is 12.3 Å². The number of halogens is 1. The summed E-state index contributed by atoms with van der Waals surface area (Å²) in [4.78, 5) is 16.1. The van der Waals surface area contributed by atoms with Gasteiger partial charge < -0.3 is 10.1 Å². The van der Waals surface area contributed by atoms with Gasteiger partial charge in [0, 0.05) is 10.7 Å². The van der Waals surface area contributed by atoms with Crippen molar-refractivity contribution < 1.29 is 9.53 Å². The highest BCUT2D eigenvalue weighted by Gasteiger charge is 2.51. The lowest BCUT2D eigenvalue weighted by atomic mass is 9.65. The molecule has 1 aliphatic carbocycles. The second kappa shape index (κ2) is 3.95. The van der Waals surface area contributed by atoms with Crippen LogP contribution in [0.3, 0.4) is 0 Å². The first-order chi connectivity index (χ1) is 8.64. The van der Waals surface area contributed by atoms with Gasteiger partial charge in [-0.3, -0.25) is 4.79 Å². The van der Waals surface area contributed by atoms with E-state index >= 15 is 0 Å². The van der Waals surface area contributed by atoms with Crippen LogP contribution in [0.1, 0.15) is 19.3 Å². The van der Waals surface area contributed by atoms with E-state index in [0.29, 0.717) is 24.4 Å². The SMILES string of the molecule is N#CC1(C2Oc3cc(Br)cnc3NC2=O)CCC1. The molecule has 6 heteroatoms. The molecule has 1 saturated carbocycles. The molecule has 1 fully saturated rings. The molecule has 18 heavy (non-hydrogen) atoms. The van der Waals surface area contributed by atoms with Crippen LogP contribution in [0.25, 0.3) is 0 Å². The third-order valence-electron chi connectivity index (χ3n) is 3.51. The van der Waals surface area contributed by atoms with Gasteiger partial charge in [0.15, 0.2) is 17.7 Å². The number of hydrogen-bond donors (Lipinski definition) is 1. The monoisotopic (exact) mass is 307 g/mol. The Morgan fingerprint density at radius 3 is 3.00 bits per heavy atom. The van der Waals surface area contributed by atoms with Crippen molar-refractivity contribution in [1.82, 2.24) is 4.98 Å². The second-order valence-electron chi connectivity index (χ2n) is 4.61. The van der Waals surface area contributed by atoms with Crippen LogP contribution < -0.4 is 10.1 Å². The average Bonchev–Trinajstić information content (AvgIpc) is 2.29. The molecule has 0 aromatic carbocycles. The van der Waals surface area contributed by atoms with E-state index in [4.69, 9.17) is 4.74 Å². The fourth-order valence-electron chi connectivity index (χ4n) is 2.32. The number of aromatic nitrogens is 1. The minimum Gasteiger partial charge on any atom is -0.475 e. The average molecular weight is 308 g/mol. The Bertz CT molecular complexity index is 563. The molecule has 92 valence electrons. The van der Waals surface area contributed by atoms with Gasteiger partial charge in [0.25, 0.3) is 5.91 Å². The summed E-state index contributed by atoms with van der Waals surface area (Å²) in [6.45, 7) is 0. The van der Waals surface area contributed by atoms with Crippen molar-refractivity contribution in [2.45, 2.75) is 25.4 Å². The topological polar surface area (TPSA) is 75.0 Å². The van der Waals surface area contributed by atoms with Crippen LogP contribution in [0.5, 0.6) is 5.75 Å². The van der Waals surface area contributed by atoms with E-state index in [2.05, 4.69) is 32.3 Å². The maximum Gasteiger partial charge on any atom is 0.268 e. The number of nitriles is 1. The number of carbonyl (C=O) groups is 1. The lowest BCUT2D eigenvalue weighted by Crippen LogP contribution is -2.52. The maximum absolute atomic E-state index is 12.0. The zero-order chi connectivity index (χ0) is 12.8. The van der Waals surface area contributed by atoms with Crippen molar-refractivity contribution >= 4 is 27.7 Å². The molecule has 1 amide bonds. The predicted molar refractivity (Wildman–Crippen MR) is 66.9 cm³/mol. The third-order valence-corrected chi connectivity index (χ3v) is 3.95. The van der Waals surface area contributed by atoms with Gasteiger partial charge >= 0.3 is 0 Å². The Morgan fingerprint density at radius 1 is 1.61 bits per heavy atom. The Morgan fingerprint density at radius 2 is 2.39 bits per heavy atom. The van der Waals surface area contributed by atoms with Gasteiger partial charge in [-0.15, -0.1) is 0 Å². The smallest absolute Gasteiger partial charge is 0.268 e. The number of nitrogens with zero attached hydrogens (tertiary/aromatic N) is 2. The molecule has 3 rings (SSSR count). The van der Waals surface area contributed by atoms with E-state index in [-0.39, 0.29) is 5.91 Å². The largest absolute Gasteiger partial charge is 0.475 e. The molecule has 0 radical (unpaired) electrons. The van der Waals surface area contributed by atoms with Gasteiger partial charge in [0.2, 0.25) is 0 Å². The van der Waals surface area contributed by atoms with E-state index in [1.807, 2.05) is 0 Å². The molecule has 5 nitrogen and oxygen atoms in total. The van der Waals surface area contributed by atoms with Gasteiger partial charge in [-0.1, -0.05) is 0 Å². The zero-order valence-corrected chi connectivity index (χ0v) is 11.0. The Balaban J connectivity index is 1.96. The number of fused-ring (bicyclic) bond motifs is 1. The van der Waals surface area contributed by atoms with Crippen molar-refractivity contribution in [2.75, 3.05) is 5.32 Å². The molecule has 1 aromatic heterocycles. The van der Waals surface area contributed by atoms with Crippen LogP contribution >= 0.6 is 15.9 Å². The van der Waals surface area contributed by atoms with Crippen molar-refractivity contribution in [3.8, 4) is 11.8 Å². The number of amides is 1. The minimum absolute atomic E-state index is 0.279. The molecule has 1 aliphatic heterocycles. The van der Waals surface area contributed by atoms with Gasteiger partial charge in [-0.25, -0.2) is 4.98 Å². The molecule has 0 bridgehead atoms. The summed E-state index contributed by atoms with van der Waals surface area (Å²) < 4.78 is 6.47. The lowest BCUT2D eigenvalue weighted by Gasteiger charge is -2.42. The van der Waals surface area contributed by atoms with Crippen molar-refractivity contribution in [2.24, 2.45) is 5.41 Å². The second-order valence-corrected chi connectivity index (χ2v) is 5.52. The molecule has 0 spiro atoms. The molecule has 1 aromatic rings. The summed E-state index contributed by atoms with van der Waals surface area (Å²) in [5.74, 6) is 0.640. The maximum atomic E-state index is 12.0. The quantitative estimate of drug-likeness (QED) is 0.863. The normalized spacial score (nSPS) is 24.0. The highest BCUT2D eigenvalue weighted by molar-refractivity contribution is 9.10. The summed E-state index contributed by atoms with van der Waals surface area (Å²) in [5, 5.41) is 12.0. The number of ether oxygens (including phenoxy) is 1. The van der Waals surface area contributed by atoms with Crippen molar-refractivity contribution in [3.05, 3.63) is 16.7 Å². The van der Waals surface area contributed by atoms with Crippen molar-refractivity contribution in [1.29, 1.82) is 5.26 Å². The van der Waals surface area contributed by atoms with E-state index in [9.17, 15) is 10.1 Å². The van der Waals surface area contributed by atoms with Crippen LogP contribution in [0.2, 0.25) is 0 Å². The Labute approximate surface area is 112 Å². The van der Waals surface area contributed by atoms with Gasteiger partial charge in [-0.2, -0.15) is 5.26 Å². The van der Waals surface area contributed by atoms with Crippen LogP contribution in [0.15, 0.2) is 16.7 Å². The van der Waals surface area contributed by atoms with Crippen LogP contribution in [0, 0.1) is 16.7 Å². The molecular weight excluding hydrogens is 298 g/mol. The molecule has 1 unspecified atom stereocenters. The molecule has 1 N–H and O–H groups in total. The first-order valence-electron chi connectivity index (χ1n) is 5.69. The lowest BCUT2D eigenvalue weighted by molar-refractivity contribution is -0.130. The fourth-order valence-corrected chi connectivity index (χ4v) is 2.63. The number of hydrogen-bond acceptors (Lipinski definition) is 4. The number of rotatable bonds is 1. The number of pyridine rings is 1. The summed E-state index contributed by atoms with van der Waals surface area (Å²) >= 11 is 3.30. The summed E-state index contributed by atoms with van der Waals surface area (Å²) in [6.07, 6.45) is 3.23. The number of anilines is 1. The summed E-state index contributed by atoms with van der Waals surface area (Å²) in [6, 6.07) is 3.99. The Hall–Kier alpha value is -1.61.